The third kappa shape index (κ3) is 3.62. The molecule has 0 heterocycles. The van der Waals surface area contributed by atoms with Gasteiger partial charge in [-0.15, -0.1) is 11.8 Å². The van der Waals surface area contributed by atoms with Gasteiger partial charge in [-0.2, -0.15) is 0 Å². The molecule has 1 aromatic carbocycles. The number of hydrogen-bond donors (Lipinski definition) is 0. The Hall–Kier alpha value is -1.42. The number of ether oxygens (including phenoxy) is 1. The van der Waals surface area contributed by atoms with Crippen molar-refractivity contribution in [3.8, 4) is 17.6 Å². The van der Waals surface area contributed by atoms with E-state index in [2.05, 4.69) is 37.0 Å². The molecule has 1 rings (SSSR count). The molecule has 0 atom stereocenters. The van der Waals surface area contributed by atoms with Gasteiger partial charge in [0.05, 0.1) is 6.61 Å². The summed E-state index contributed by atoms with van der Waals surface area (Å²) in [7, 11) is 0. The zero-order chi connectivity index (χ0) is 11.8. The summed E-state index contributed by atoms with van der Waals surface area (Å²) in [5.41, 5.74) is 2.78. The van der Waals surface area contributed by atoms with Crippen LogP contribution in [-0.2, 0) is 12.8 Å². The highest BCUT2D eigenvalue weighted by atomic mass is 16.5. The Balaban J connectivity index is 2.78. The van der Waals surface area contributed by atoms with E-state index in [0.29, 0.717) is 0 Å². The standard InChI is InChI=1S/C15H20O/c1-4-7-8-9-14-10-11-15(16-6-3)12-13(14)5-2/h10-12H,5-6,8-9H2,1-3H3. The number of benzene rings is 1. The van der Waals surface area contributed by atoms with Crippen molar-refractivity contribution in [1.29, 1.82) is 0 Å². The number of hydrogen-bond acceptors (Lipinski definition) is 1. The van der Waals surface area contributed by atoms with Gasteiger partial charge in [0.2, 0.25) is 0 Å². The van der Waals surface area contributed by atoms with Crippen LogP contribution in [0.3, 0.4) is 0 Å². The summed E-state index contributed by atoms with van der Waals surface area (Å²) in [6.07, 6.45) is 3.03. The quantitative estimate of drug-likeness (QED) is 0.683. The fraction of sp³-hybridized carbons (Fsp3) is 0.467. The first kappa shape index (κ1) is 12.6. The van der Waals surface area contributed by atoms with Crippen LogP contribution < -0.4 is 4.74 Å². The van der Waals surface area contributed by atoms with Crippen molar-refractivity contribution in [1.82, 2.24) is 0 Å². The van der Waals surface area contributed by atoms with E-state index in [-0.39, 0.29) is 0 Å². The maximum Gasteiger partial charge on any atom is 0.119 e. The predicted octanol–water partition coefficient (Wildman–Crippen LogP) is 3.60. The molecule has 1 nitrogen and oxygen atoms in total. The van der Waals surface area contributed by atoms with Gasteiger partial charge in [-0.1, -0.05) is 13.0 Å². The Morgan fingerprint density at radius 2 is 2.00 bits per heavy atom. The second-order valence-corrected chi connectivity index (χ2v) is 3.64. The summed E-state index contributed by atoms with van der Waals surface area (Å²) in [5, 5.41) is 0. The predicted molar refractivity (Wildman–Crippen MR) is 68.8 cm³/mol. The largest absolute Gasteiger partial charge is 0.494 e. The summed E-state index contributed by atoms with van der Waals surface area (Å²) in [5.74, 6) is 7.02. The van der Waals surface area contributed by atoms with Gasteiger partial charge in [0.25, 0.3) is 0 Å². The Labute approximate surface area is 98.8 Å². The molecule has 0 aliphatic heterocycles. The Bertz CT molecular complexity index is 382. The van der Waals surface area contributed by atoms with Crippen LogP contribution in [0, 0.1) is 11.8 Å². The van der Waals surface area contributed by atoms with E-state index in [1.807, 2.05) is 13.8 Å². The molecule has 0 amide bonds. The normalized spacial score (nSPS) is 9.44. The van der Waals surface area contributed by atoms with Crippen molar-refractivity contribution in [3.63, 3.8) is 0 Å². The SMILES string of the molecule is CC#CCCc1ccc(OCC)cc1CC. The van der Waals surface area contributed by atoms with Crippen LogP contribution in [0.4, 0.5) is 0 Å². The van der Waals surface area contributed by atoms with Gasteiger partial charge < -0.3 is 4.74 Å². The third-order valence-corrected chi connectivity index (χ3v) is 2.57. The minimum Gasteiger partial charge on any atom is -0.494 e. The molecule has 0 radical (unpaired) electrons. The molecule has 1 heteroatoms. The van der Waals surface area contributed by atoms with Crippen LogP contribution in [0.25, 0.3) is 0 Å². The van der Waals surface area contributed by atoms with Crippen molar-refractivity contribution in [2.45, 2.75) is 40.0 Å². The molecular formula is C15H20O. The van der Waals surface area contributed by atoms with E-state index in [1.54, 1.807) is 0 Å². The van der Waals surface area contributed by atoms with Crippen molar-refractivity contribution in [2.75, 3.05) is 6.61 Å². The monoisotopic (exact) mass is 216 g/mol. The van der Waals surface area contributed by atoms with Crippen LogP contribution in [0.1, 0.15) is 38.3 Å². The van der Waals surface area contributed by atoms with Crippen LogP contribution in [0.2, 0.25) is 0 Å². The molecule has 0 spiro atoms. The summed E-state index contributed by atoms with van der Waals surface area (Å²) >= 11 is 0. The second kappa shape index (κ2) is 6.95. The molecule has 16 heavy (non-hydrogen) atoms. The molecule has 1 aromatic rings. The Morgan fingerprint density at radius 1 is 1.19 bits per heavy atom. The van der Waals surface area contributed by atoms with Crippen molar-refractivity contribution in [3.05, 3.63) is 29.3 Å². The van der Waals surface area contributed by atoms with E-state index < -0.39 is 0 Å². The first-order valence-electron chi connectivity index (χ1n) is 5.96. The molecule has 0 saturated carbocycles. The second-order valence-electron chi connectivity index (χ2n) is 3.64. The zero-order valence-corrected chi connectivity index (χ0v) is 10.5. The van der Waals surface area contributed by atoms with Crippen molar-refractivity contribution < 1.29 is 4.74 Å². The van der Waals surface area contributed by atoms with Gasteiger partial charge in [0, 0.05) is 6.42 Å². The maximum atomic E-state index is 5.50. The van der Waals surface area contributed by atoms with Gasteiger partial charge in [0.15, 0.2) is 0 Å². The van der Waals surface area contributed by atoms with E-state index in [4.69, 9.17) is 4.74 Å². The lowest BCUT2D eigenvalue weighted by Gasteiger charge is -2.09. The fourth-order valence-electron chi connectivity index (χ4n) is 1.75. The molecule has 0 N–H and O–H groups in total. The average Bonchev–Trinajstić information content (AvgIpc) is 2.31. The Kier molecular flexibility index (Phi) is 5.50. The lowest BCUT2D eigenvalue weighted by atomic mass is 10.0. The zero-order valence-electron chi connectivity index (χ0n) is 10.5. The lowest BCUT2D eigenvalue weighted by Crippen LogP contribution is -1.96. The maximum absolute atomic E-state index is 5.50. The molecule has 0 aliphatic carbocycles. The average molecular weight is 216 g/mol. The minimum absolute atomic E-state index is 0.726. The first-order chi connectivity index (χ1) is 7.81. The first-order valence-corrected chi connectivity index (χ1v) is 5.96. The van der Waals surface area contributed by atoms with Gasteiger partial charge >= 0.3 is 0 Å². The van der Waals surface area contributed by atoms with Crippen LogP contribution in [0.5, 0.6) is 5.75 Å². The molecule has 0 aromatic heterocycles. The van der Waals surface area contributed by atoms with Gasteiger partial charge in [-0.25, -0.2) is 0 Å². The topological polar surface area (TPSA) is 9.23 Å². The smallest absolute Gasteiger partial charge is 0.119 e. The number of aryl methyl sites for hydroxylation is 2. The van der Waals surface area contributed by atoms with Crippen LogP contribution >= 0.6 is 0 Å². The summed E-state index contributed by atoms with van der Waals surface area (Å²) < 4.78 is 5.50. The fourth-order valence-corrected chi connectivity index (χ4v) is 1.75. The molecule has 0 fully saturated rings. The Morgan fingerprint density at radius 3 is 2.62 bits per heavy atom. The molecule has 0 saturated heterocycles. The highest BCUT2D eigenvalue weighted by molar-refractivity contribution is 5.36. The third-order valence-electron chi connectivity index (χ3n) is 2.57. The lowest BCUT2D eigenvalue weighted by molar-refractivity contribution is 0.340. The summed E-state index contributed by atoms with van der Waals surface area (Å²) in [6, 6.07) is 6.37. The van der Waals surface area contributed by atoms with Crippen LogP contribution in [-0.4, -0.2) is 6.61 Å². The van der Waals surface area contributed by atoms with Gasteiger partial charge in [-0.3, -0.25) is 0 Å². The summed E-state index contributed by atoms with van der Waals surface area (Å²) in [6.45, 7) is 6.80. The van der Waals surface area contributed by atoms with Gasteiger partial charge in [-0.05, 0) is 49.9 Å². The van der Waals surface area contributed by atoms with E-state index in [1.165, 1.54) is 11.1 Å². The highest BCUT2D eigenvalue weighted by Gasteiger charge is 2.02. The highest BCUT2D eigenvalue weighted by Crippen LogP contribution is 2.19. The number of rotatable bonds is 5. The molecule has 86 valence electrons. The van der Waals surface area contributed by atoms with Crippen molar-refractivity contribution >= 4 is 0 Å². The van der Waals surface area contributed by atoms with Gasteiger partial charge in [0.1, 0.15) is 5.75 Å². The van der Waals surface area contributed by atoms with E-state index in [0.717, 1.165) is 31.6 Å². The minimum atomic E-state index is 0.726. The van der Waals surface area contributed by atoms with Crippen molar-refractivity contribution in [2.24, 2.45) is 0 Å². The molecular weight excluding hydrogens is 196 g/mol. The van der Waals surface area contributed by atoms with E-state index >= 15 is 0 Å². The molecule has 0 unspecified atom stereocenters. The molecule has 0 aliphatic rings. The van der Waals surface area contributed by atoms with Crippen LogP contribution in [0.15, 0.2) is 18.2 Å². The molecule has 0 bridgehead atoms. The summed E-state index contributed by atoms with van der Waals surface area (Å²) in [4.78, 5) is 0. The van der Waals surface area contributed by atoms with E-state index in [9.17, 15) is 0 Å².